The Balaban J connectivity index is 2.11. The number of nitrogens with zero attached hydrogens (tertiary/aromatic N) is 1. The number of anilines is 1. The number of methoxy groups -OCH3 is 1. The highest BCUT2D eigenvalue weighted by molar-refractivity contribution is 7.91. The van der Waals surface area contributed by atoms with Crippen LogP contribution in [-0.4, -0.2) is 52.3 Å². The third kappa shape index (κ3) is 5.04. The zero-order chi connectivity index (χ0) is 22.8. The summed E-state index contributed by atoms with van der Waals surface area (Å²) in [7, 11) is -2.63. The Hall–Kier alpha value is -2.53. The van der Waals surface area contributed by atoms with E-state index in [0.29, 0.717) is 10.6 Å². The molecular formula is C20H21ClFN3O5S. The molecule has 1 aliphatic rings. The number of halogens is 2. The average molecular weight is 470 g/mol. The number of nitrogens with one attached hydrogen (secondary N) is 1. The van der Waals surface area contributed by atoms with Crippen molar-refractivity contribution in [2.45, 2.75) is 17.5 Å². The van der Waals surface area contributed by atoms with Crippen molar-refractivity contribution in [1.82, 2.24) is 5.32 Å². The van der Waals surface area contributed by atoms with Crippen molar-refractivity contribution in [3.63, 3.8) is 0 Å². The van der Waals surface area contributed by atoms with Crippen molar-refractivity contribution in [3.8, 4) is 0 Å². The van der Waals surface area contributed by atoms with Gasteiger partial charge in [0.05, 0.1) is 41.1 Å². The smallest absolute Gasteiger partial charge is 0.254 e. The molecule has 2 amide bonds. The Morgan fingerprint density at radius 1 is 1.32 bits per heavy atom. The highest BCUT2D eigenvalue weighted by Crippen LogP contribution is 2.34. The maximum absolute atomic E-state index is 14.7. The number of carbonyl (C=O) groups excluding carboxylic acids is 2. The molecule has 8 nitrogen and oxygen atoms in total. The lowest BCUT2D eigenvalue weighted by molar-refractivity contribution is -0.119. The number of amides is 2. The minimum atomic E-state index is -4.08. The first kappa shape index (κ1) is 23.1. The summed E-state index contributed by atoms with van der Waals surface area (Å²) in [4.78, 5) is 26.1. The van der Waals surface area contributed by atoms with E-state index in [1.807, 2.05) is 0 Å². The number of benzene rings is 2. The van der Waals surface area contributed by atoms with Crippen molar-refractivity contribution in [2.24, 2.45) is 5.73 Å². The molecule has 0 spiro atoms. The fraction of sp³-hybridized carbons (Fsp3) is 0.300. The third-order valence-corrected chi connectivity index (χ3v) is 6.79. The molecule has 0 aliphatic carbocycles. The van der Waals surface area contributed by atoms with Crippen LogP contribution < -0.4 is 16.0 Å². The van der Waals surface area contributed by atoms with Gasteiger partial charge in [-0.15, -0.1) is 0 Å². The van der Waals surface area contributed by atoms with E-state index in [1.165, 1.54) is 7.11 Å². The van der Waals surface area contributed by atoms with Crippen LogP contribution in [0.2, 0.25) is 5.02 Å². The minimum Gasteiger partial charge on any atom is -0.383 e. The molecule has 0 radical (unpaired) electrons. The Bertz CT molecular complexity index is 1110. The molecule has 0 aromatic heterocycles. The number of ether oxygens (including phenoxy) is 1. The van der Waals surface area contributed by atoms with Crippen LogP contribution in [0.4, 0.5) is 10.1 Å². The summed E-state index contributed by atoms with van der Waals surface area (Å²) < 4.78 is 45.1. The van der Waals surface area contributed by atoms with Crippen LogP contribution in [0.5, 0.6) is 0 Å². The molecule has 0 saturated carbocycles. The lowest BCUT2D eigenvalue weighted by Gasteiger charge is -2.25. The summed E-state index contributed by atoms with van der Waals surface area (Å²) in [5, 5.41) is 2.97. The quantitative estimate of drug-likeness (QED) is 0.619. The van der Waals surface area contributed by atoms with E-state index in [1.54, 1.807) is 24.3 Å². The van der Waals surface area contributed by atoms with Gasteiger partial charge in [0.1, 0.15) is 5.82 Å². The molecule has 0 saturated heterocycles. The van der Waals surface area contributed by atoms with Crippen LogP contribution in [0.15, 0.2) is 41.3 Å². The molecule has 0 unspecified atom stereocenters. The van der Waals surface area contributed by atoms with Gasteiger partial charge in [0.15, 0.2) is 9.84 Å². The SMILES string of the molecule is COCCNC(=O)c1cc2c(cc1F)S(=O)(=O)C[C@H](N)C(=O)N2Cc1ccc(Cl)cc1. The van der Waals surface area contributed by atoms with Gasteiger partial charge in [-0.05, 0) is 29.8 Å². The van der Waals surface area contributed by atoms with Gasteiger partial charge < -0.3 is 20.7 Å². The molecule has 3 rings (SSSR count). The molecule has 0 fully saturated rings. The molecule has 166 valence electrons. The second kappa shape index (κ2) is 9.31. The van der Waals surface area contributed by atoms with Crippen LogP contribution >= 0.6 is 11.6 Å². The van der Waals surface area contributed by atoms with E-state index >= 15 is 0 Å². The van der Waals surface area contributed by atoms with E-state index in [-0.39, 0.29) is 25.4 Å². The van der Waals surface area contributed by atoms with Crippen molar-refractivity contribution in [3.05, 3.63) is 58.4 Å². The zero-order valence-electron chi connectivity index (χ0n) is 16.6. The number of carbonyl (C=O) groups is 2. The number of hydrogen-bond donors (Lipinski definition) is 2. The summed E-state index contributed by atoms with van der Waals surface area (Å²) in [6.45, 7) is 0.299. The van der Waals surface area contributed by atoms with Gasteiger partial charge in [-0.1, -0.05) is 23.7 Å². The fourth-order valence-corrected chi connectivity index (χ4v) is 4.88. The average Bonchev–Trinajstić information content (AvgIpc) is 2.78. The predicted octanol–water partition coefficient (Wildman–Crippen LogP) is 1.50. The molecular weight excluding hydrogens is 449 g/mol. The largest absolute Gasteiger partial charge is 0.383 e. The number of sulfone groups is 1. The first-order valence-corrected chi connectivity index (χ1v) is 11.3. The molecule has 1 aliphatic heterocycles. The van der Waals surface area contributed by atoms with Gasteiger partial charge in [0.25, 0.3) is 5.91 Å². The van der Waals surface area contributed by atoms with Crippen LogP contribution in [-0.2, 0) is 25.9 Å². The van der Waals surface area contributed by atoms with Gasteiger partial charge in [-0.25, -0.2) is 12.8 Å². The van der Waals surface area contributed by atoms with Gasteiger partial charge in [-0.2, -0.15) is 0 Å². The molecule has 2 aromatic rings. The Kier molecular flexibility index (Phi) is 6.95. The maximum Gasteiger partial charge on any atom is 0.254 e. The van der Waals surface area contributed by atoms with Crippen molar-refractivity contribution in [1.29, 1.82) is 0 Å². The van der Waals surface area contributed by atoms with E-state index in [2.05, 4.69) is 5.32 Å². The number of hydrogen-bond acceptors (Lipinski definition) is 6. The molecule has 1 heterocycles. The minimum absolute atomic E-state index is 0.0391. The fourth-order valence-electron chi connectivity index (χ4n) is 3.19. The Morgan fingerprint density at radius 2 is 2.00 bits per heavy atom. The topological polar surface area (TPSA) is 119 Å². The van der Waals surface area contributed by atoms with Gasteiger partial charge >= 0.3 is 0 Å². The summed E-state index contributed by atoms with van der Waals surface area (Å²) >= 11 is 5.90. The van der Waals surface area contributed by atoms with Gasteiger partial charge in [-0.3, -0.25) is 9.59 Å². The van der Waals surface area contributed by atoms with Gasteiger partial charge in [0.2, 0.25) is 5.91 Å². The molecule has 3 N–H and O–H groups in total. The van der Waals surface area contributed by atoms with E-state index < -0.39 is 49.7 Å². The number of rotatable bonds is 6. The van der Waals surface area contributed by atoms with E-state index in [0.717, 1.165) is 17.0 Å². The van der Waals surface area contributed by atoms with Crippen molar-refractivity contribution in [2.75, 3.05) is 30.9 Å². The lowest BCUT2D eigenvalue weighted by atomic mass is 10.1. The molecule has 31 heavy (non-hydrogen) atoms. The summed E-state index contributed by atoms with van der Waals surface area (Å²) in [5.74, 6) is -3.11. The van der Waals surface area contributed by atoms with E-state index in [4.69, 9.17) is 22.1 Å². The monoisotopic (exact) mass is 469 g/mol. The molecule has 2 aromatic carbocycles. The summed E-state index contributed by atoms with van der Waals surface area (Å²) in [6, 6.07) is 7.06. The predicted molar refractivity (Wildman–Crippen MR) is 113 cm³/mol. The van der Waals surface area contributed by atoms with Crippen LogP contribution in [0.1, 0.15) is 15.9 Å². The zero-order valence-corrected chi connectivity index (χ0v) is 18.2. The first-order chi connectivity index (χ1) is 14.6. The summed E-state index contributed by atoms with van der Waals surface area (Å²) in [6.07, 6.45) is 0. The second-order valence-electron chi connectivity index (χ2n) is 6.99. The van der Waals surface area contributed by atoms with Gasteiger partial charge in [0, 0.05) is 18.7 Å². The summed E-state index contributed by atoms with van der Waals surface area (Å²) in [5.41, 5.74) is 5.98. The Morgan fingerprint density at radius 3 is 2.65 bits per heavy atom. The van der Waals surface area contributed by atoms with Crippen LogP contribution in [0.25, 0.3) is 0 Å². The highest BCUT2D eigenvalue weighted by atomic mass is 35.5. The lowest BCUT2D eigenvalue weighted by Crippen LogP contribution is -2.45. The van der Waals surface area contributed by atoms with Crippen LogP contribution in [0, 0.1) is 5.82 Å². The van der Waals surface area contributed by atoms with E-state index in [9.17, 15) is 22.4 Å². The normalized spacial score (nSPS) is 17.7. The first-order valence-electron chi connectivity index (χ1n) is 9.29. The number of nitrogens with two attached hydrogens (primary N) is 1. The van der Waals surface area contributed by atoms with Crippen molar-refractivity contribution >= 4 is 38.9 Å². The Labute approximate surface area is 184 Å². The highest BCUT2D eigenvalue weighted by Gasteiger charge is 2.37. The molecule has 0 bridgehead atoms. The standard InChI is InChI=1S/C20H21ClFN3O5S/c1-30-7-6-24-19(26)14-8-17-18(9-15(14)22)31(28,29)11-16(23)20(27)25(17)10-12-2-4-13(21)5-3-12/h2-5,8-9,16H,6-7,10-11,23H2,1H3,(H,24,26)/t16-/m0/s1. The maximum atomic E-state index is 14.7. The second-order valence-corrected chi connectivity index (χ2v) is 9.43. The van der Waals surface area contributed by atoms with Crippen molar-refractivity contribution < 1.29 is 27.1 Å². The van der Waals surface area contributed by atoms with Crippen LogP contribution in [0.3, 0.4) is 0 Å². The third-order valence-electron chi connectivity index (χ3n) is 4.75. The molecule has 1 atom stereocenters. The molecule has 11 heteroatoms. The number of fused-ring (bicyclic) bond motifs is 1.